The second-order valence-corrected chi connectivity index (χ2v) is 10.2. The topological polar surface area (TPSA) is 142 Å². The number of fused-ring (bicyclic) bond motifs is 3. The van der Waals surface area contributed by atoms with Gasteiger partial charge in [0.05, 0.1) is 25.7 Å². The van der Waals surface area contributed by atoms with E-state index in [9.17, 15) is 29.4 Å². The number of amides is 2. The molecule has 10 heteroatoms. The monoisotopic (exact) mass is 528 g/mol. The van der Waals surface area contributed by atoms with Crippen LogP contribution in [0.1, 0.15) is 73.7 Å². The van der Waals surface area contributed by atoms with Gasteiger partial charge in [-0.2, -0.15) is 0 Å². The number of hydrogen-bond donors (Lipinski definition) is 3. The molecule has 1 aromatic carbocycles. The Hall–Kier alpha value is -3.24. The Morgan fingerprint density at radius 1 is 1.21 bits per heavy atom. The van der Waals surface area contributed by atoms with Crippen LogP contribution in [0.15, 0.2) is 23.8 Å². The van der Waals surface area contributed by atoms with Gasteiger partial charge in [0, 0.05) is 42.1 Å². The summed E-state index contributed by atoms with van der Waals surface area (Å²) in [6, 6.07) is 2.22. The minimum Gasteiger partial charge on any atom is -0.493 e. The highest BCUT2D eigenvalue weighted by Gasteiger charge is 2.52. The number of hydrogen-bond acceptors (Lipinski definition) is 8. The van der Waals surface area contributed by atoms with Gasteiger partial charge in [-0.15, -0.1) is 0 Å². The zero-order chi connectivity index (χ0) is 27.4. The molecule has 0 aromatic heterocycles. The molecule has 1 fully saturated rings. The van der Waals surface area contributed by atoms with Crippen LogP contribution < -0.4 is 14.8 Å². The van der Waals surface area contributed by atoms with Gasteiger partial charge in [0.2, 0.25) is 11.8 Å². The minimum atomic E-state index is -1.16. The Bertz CT molecular complexity index is 1110. The first kappa shape index (κ1) is 27.8. The Balaban J connectivity index is 1.77. The largest absolute Gasteiger partial charge is 0.493 e. The number of ketones is 1. The average Bonchev–Trinajstić information content (AvgIpc) is 3.56. The van der Waals surface area contributed by atoms with Crippen LogP contribution in [0.5, 0.6) is 11.5 Å². The smallest absolute Gasteiger partial charge is 0.247 e. The number of aliphatic hydroxyl groups excluding tert-OH is 2. The number of benzene rings is 1. The predicted molar refractivity (Wildman–Crippen MR) is 137 cm³/mol. The summed E-state index contributed by atoms with van der Waals surface area (Å²) >= 11 is 0. The standard InChI is InChI=1S/C28H36N2O8/c1-16(33)6-5-9-23(34)30(18-7-3-4-8-18)21-14-20(28(36)29-10-11-31)24-19-12-17(15-32)13-22(37-2)26(19)38-27(24)25(21)35/h12-15,18,21,24-25,27,31,35H,3-11H2,1-2H3,(H,29,36). The maximum absolute atomic E-state index is 13.5. The van der Waals surface area contributed by atoms with Gasteiger partial charge in [-0.1, -0.05) is 12.8 Å². The Labute approximate surface area is 222 Å². The van der Waals surface area contributed by atoms with Gasteiger partial charge < -0.3 is 34.7 Å². The first-order chi connectivity index (χ1) is 18.3. The van der Waals surface area contributed by atoms with Crippen LogP contribution in [0.4, 0.5) is 0 Å². The van der Waals surface area contributed by atoms with Crippen LogP contribution in [-0.4, -0.2) is 83.5 Å². The molecule has 2 amide bonds. The molecule has 2 aliphatic carbocycles. The van der Waals surface area contributed by atoms with Gasteiger partial charge in [-0.3, -0.25) is 14.4 Å². The van der Waals surface area contributed by atoms with Gasteiger partial charge in [-0.25, -0.2) is 0 Å². The predicted octanol–water partition coefficient (Wildman–Crippen LogP) is 1.66. The number of carbonyl (C=O) groups excluding carboxylic acids is 4. The molecule has 1 heterocycles. The van der Waals surface area contributed by atoms with E-state index in [1.165, 1.54) is 20.1 Å². The fourth-order valence-electron chi connectivity index (χ4n) is 5.94. The lowest BCUT2D eigenvalue weighted by Crippen LogP contribution is -2.58. The highest BCUT2D eigenvalue weighted by molar-refractivity contribution is 5.96. The molecule has 4 rings (SSSR count). The lowest BCUT2D eigenvalue weighted by atomic mass is 9.77. The molecule has 10 nitrogen and oxygen atoms in total. The molecule has 4 unspecified atom stereocenters. The SMILES string of the molecule is COc1cc(C=O)cc2c1OC1C2C(C(=O)NCCO)=CC(N(C(=O)CCCC(C)=O)C2CCCC2)C1O. The van der Waals surface area contributed by atoms with Gasteiger partial charge >= 0.3 is 0 Å². The van der Waals surface area contributed by atoms with Crippen LogP contribution in [-0.2, 0) is 14.4 Å². The molecular weight excluding hydrogens is 492 g/mol. The van der Waals surface area contributed by atoms with Crippen molar-refractivity contribution in [1.29, 1.82) is 0 Å². The highest BCUT2D eigenvalue weighted by atomic mass is 16.5. The number of ether oxygens (including phenoxy) is 2. The van der Waals surface area contributed by atoms with Crippen molar-refractivity contribution in [1.82, 2.24) is 10.2 Å². The molecule has 3 aliphatic rings. The van der Waals surface area contributed by atoms with Gasteiger partial charge in [0.25, 0.3) is 0 Å². The fourth-order valence-corrected chi connectivity index (χ4v) is 5.94. The molecule has 0 spiro atoms. The highest BCUT2D eigenvalue weighted by Crippen LogP contribution is 2.51. The van der Waals surface area contributed by atoms with Crippen molar-refractivity contribution < 1.29 is 38.9 Å². The third kappa shape index (κ3) is 5.47. The van der Waals surface area contributed by atoms with Crippen LogP contribution in [0.25, 0.3) is 0 Å². The summed E-state index contributed by atoms with van der Waals surface area (Å²) in [5.41, 5.74) is 1.17. The van der Waals surface area contributed by atoms with Crippen molar-refractivity contribution in [3.8, 4) is 11.5 Å². The lowest BCUT2D eigenvalue weighted by molar-refractivity contribution is -0.140. The summed E-state index contributed by atoms with van der Waals surface area (Å²) in [4.78, 5) is 51.7. The van der Waals surface area contributed by atoms with E-state index in [1.807, 2.05) is 0 Å². The lowest BCUT2D eigenvalue weighted by Gasteiger charge is -2.43. The summed E-state index contributed by atoms with van der Waals surface area (Å²) in [6.07, 6.45) is 4.59. The number of carbonyl (C=O) groups is 4. The van der Waals surface area contributed by atoms with Crippen LogP contribution in [0.2, 0.25) is 0 Å². The number of methoxy groups -OCH3 is 1. The summed E-state index contributed by atoms with van der Waals surface area (Å²) in [7, 11) is 1.45. The van der Waals surface area contributed by atoms with E-state index in [1.54, 1.807) is 17.0 Å². The molecule has 4 atom stereocenters. The van der Waals surface area contributed by atoms with E-state index in [0.29, 0.717) is 47.3 Å². The van der Waals surface area contributed by atoms with Gasteiger partial charge in [0.15, 0.2) is 11.5 Å². The Kier molecular flexibility index (Phi) is 8.83. The van der Waals surface area contributed by atoms with E-state index in [4.69, 9.17) is 9.47 Å². The van der Waals surface area contributed by atoms with Crippen molar-refractivity contribution in [3.63, 3.8) is 0 Å². The number of Topliss-reactive ketones (excluding diaryl/α,β-unsaturated/α-hetero) is 1. The number of nitrogens with one attached hydrogen (secondary N) is 1. The van der Waals surface area contributed by atoms with E-state index in [2.05, 4.69) is 5.32 Å². The van der Waals surface area contributed by atoms with E-state index in [-0.39, 0.29) is 37.3 Å². The molecule has 0 radical (unpaired) electrons. The molecule has 0 bridgehead atoms. The maximum Gasteiger partial charge on any atom is 0.247 e. The summed E-state index contributed by atoms with van der Waals surface area (Å²) in [5.74, 6) is -0.674. The first-order valence-electron chi connectivity index (χ1n) is 13.2. The molecule has 3 N–H and O–H groups in total. The zero-order valence-corrected chi connectivity index (χ0v) is 21.9. The molecule has 38 heavy (non-hydrogen) atoms. The van der Waals surface area contributed by atoms with Gasteiger partial charge in [-0.05, 0) is 44.4 Å². The molecule has 1 aliphatic heterocycles. The maximum atomic E-state index is 13.5. The average molecular weight is 529 g/mol. The summed E-state index contributed by atoms with van der Waals surface area (Å²) in [6.45, 7) is 1.27. The minimum absolute atomic E-state index is 0.00857. The van der Waals surface area contributed by atoms with Crippen LogP contribution in [0, 0.1) is 0 Å². The van der Waals surface area contributed by atoms with Crippen molar-refractivity contribution in [2.24, 2.45) is 0 Å². The molecular formula is C28H36N2O8. The third-order valence-corrected chi connectivity index (χ3v) is 7.66. The molecule has 1 aromatic rings. The summed E-state index contributed by atoms with van der Waals surface area (Å²) in [5, 5.41) is 23.6. The van der Waals surface area contributed by atoms with Crippen molar-refractivity contribution in [2.45, 2.75) is 82.1 Å². The molecule has 0 saturated heterocycles. The van der Waals surface area contributed by atoms with E-state index < -0.39 is 30.1 Å². The molecule has 1 saturated carbocycles. The van der Waals surface area contributed by atoms with Crippen molar-refractivity contribution in [3.05, 3.63) is 34.9 Å². The van der Waals surface area contributed by atoms with Crippen LogP contribution in [0.3, 0.4) is 0 Å². The molecule has 206 valence electrons. The van der Waals surface area contributed by atoms with Crippen molar-refractivity contribution >= 4 is 23.9 Å². The van der Waals surface area contributed by atoms with E-state index in [0.717, 1.165) is 25.7 Å². The number of rotatable bonds is 11. The van der Waals surface area contributed by atoms with Crippen LogP contribution >= 0.6 is 0 Å². The second-order valence-electron chi connectivity index (χ2n) is 10.2. The Morgan fingerprint density at radius 2 is 1.95 bits per heavy atom. The quantitative estimate of drug-likeness (QED) is 0.368. The normalized spacial score (nSPS) is 24.1. The zero-order valence-electron chi connectivity index (χ0n) is 21.9. The number of aliphatic hydroxyl groups is 2. The fraction of sp³-hybridized carbons (Fsp3) is 0.571. The number of aldehydes is 1. The second kappa shape index (κ2) is 12.1. The Morgan fingerprint density at radius 3 is 2.58 bits per heavy atom. The van der Waals surface area contributed by atoms with Crippen molar-refractivity contribution in [2.75, 3.05) is 20.3 Å². The first-order valence-corrected chi connectivity index (χ1v) is 13.2. The van der Waals surface area contributed by atoms with Gasteiger partial charge in [0.1, 0.15) is 24.3 Å². The third-order valence-electron chi connectivity index (χ3n) is 7.66. The number of nitrogens with zero attached hydrogens (tertiary/aromatic N) is 1. The van der Waals surface area contributed by atoms with E-state index >= 15 is 0 Å². The summed E-state index contributed by atoms with van der Waals surface area (Å²) < 4.78 is 11.7.